The van der Waals surface area contributed by atoms with E-state index in [1.807, 2.05) is 24.3 Å². The number of hydrogen-bond acceptors (Lipinski definition) is 6. The number of rotatable bonds is 4. The number of carbonyl (C=O) groups is 2. The van der Waals surface area contributed by atoms with Crippen molar-refractivity contribution < 1.29 is 26.4 Å². The summed E-state index contributed by atoms with van der Waals surface area (Å²) in [5.74, 6) is -0.227. The van der Waals surface area contributed by atoms with E-state index in [2.05, 4.69) is 67.5 Å². The Morgan fingerprint density at radius 1 is 0.625 bits per heavy atom. The predicted molar refractivity (Wildman–Crippen MR) is 222 cm³/mol. The molecule has 2 heterocycles. The Balaban J connectivity index is 1.25. The standard InChI is InChI=1S/C46H54N2O6S2/c1-25(2)30-11-9-13-32-34(41(49)47-36-21-28-15-17-45(36,43(28,5)6)23-55(47,51)52)19-27-20-35(33-14-10-12-31(26(3)4)40(33)38(27)39(30)32)42(50)48-37-22-29-16-18-46(37,44(29,7)8)24-56(48,53)54/h9-14,19-20,25-26,28-29,36-37H,15-18,21-24H2,1-8H3/t28-,29-,36-,37-,45-,46-/m1/s1. The van der Waals surface area contributed by atoms with Crippen LogP contribution in [0.1, 0.15) is 138 Å². The Morgan fingerprint density at radius 2 is 1.02 bits per heavy atom. The third kappa shape index (κ3) is 4.26. The zero-order valence-electron chi connectivity index (χ0n) is 33.9. The first-order valence-corrected chi connectivity index (χ1v) is 24.0. The lowest BCUT2D eigenvalue weighted by Crippen LogP contribution is -2.44. The molecule has 8 nitrogen and oxygen atoms in total. The zero-order valence-corrected chi connectivity index (χ0v) is 35.5. The Labute approximate surface area is 331 Å². The fourth-order valence-corrected chi connectivity index (χ4v) is 18.9. The lowest BCUT2D eigenvalue weighted by molar-refractivity contribution is 0.0695. The second-order valence-corrected chi connectivity index (χ2v) is 23.9. The smallest absolute Gasteiger partial charge is 0.268 e. The Bertz CT molecular complexity index is 2520. The second-order valence-electron chi connectivity index (χ2n) is 20.2. The molecule has 2 amide bonds. The molecule has 4 aromatic carbocycles. The minimum Gasteiger partial charge on any atom is -0.268 e. The van der Waals surface area contributed by atoms with E-state index in [9.17, 15) is 16.8 Å². The topological polar surface area (TPSA) is 109 Å². The maximum absolute atomic E-state index is 15.2. The van der Waals surface area contributed by atoms with E-state index in [0.717, 1.165) is 53.0 Å². The van der Waals surface area contributed by atoms with Crippen LogP contribution < -0.4 is 0 Å². The number of hydrogen-bond donors (Lipinski definition) is 0. The molecule has 6 aliphatic rings. The number of fused-ring (bicyclic) bond motifs is 7. The molecule has 0 unspecified atom stereocenters. The molecule has 4 bridgehead atoms. The number of nitrogens with zero attached hydrogens (tertiary/aromatic N) is 2. The van der Waals surface area contributed by atoms with Crippen molar-refractivity contribution in [2.24, 2.45) is 33.5 Å². The van der Waals surface area contributed by atoms with Crippen molar-refractivity contribution in [1.82, 2.24) is 8.61 Å². The Hall–Kier alpha value is -3.50. The van der Waals surface area contributed by atoms with Gasteiger partial charge in [-0.3, -0.25) is 9.59 Å². The molecule has 4 aromatic rings. The largest absolute Gasteiger partial charge is 0.268 e. The molecule has 296 valence electrons. The first kappa shape index (κ1) is 36.8. The third-order valence-electron chi connectivity index (χ3n) is 17.1. The van der Waals surface area contributed by atoms with Gasteiger partial charge in [-0.05, 0) is 129 Å². The molecular formula is C46H54N2O6S2. The van der Waals surface area contributed by atoms with Crippen molar-refractivity contribution in [3.8, 4) is 0 Å². The lowest BCUT2D eigenvalue weighted by atomic mass is 9.69. The van der Waals surface area contributed by atoms with Crippen LogP contribution in [0.15, 0.2) is 48.5 Å². The van der Waals surface area contributed by atoms with Gasteiger partial charge in [0, 0.05) is 22.0 Å². The van der Waals surface area contributed by atoms with Crippen LogP contribution in [0, 0.1) is 33.5 Å². The summed E-state index contributed by atoms with van der Waals surface area (Å²) in [5.41, 5.74) is 1.32. The van der Waals surface area contributed by atoms with E-state index in [4.69, 9.17) is 0 Å². The third-order valence-corrected chi connectivity index (χ3v) is 20.9. The number of sulfonamides is 2. The maximum atomic E-state index is 15.2. The fourth-order valence-electron chi connectivity index (χ4n) is 13.9. The highest BCUT2D eigenvalue weighted by molar-refractivity contribution is 7.90. The van der Waals surface area contributed by atoms with Gasteiger partial charge in [0.1, 0.15) is 0 Å². The molecule has 4 aliphatic carbocycles. The van der Waals surface area contributed by atoms with E-state index in [1.165, 1.54) is 8.61 Å². The summed E-state index contributed by atoms with van der Waals surface area (Å²) in [4.78, 5) is 30.5. The highest BCUT2D eigenvalue weighted by atomic mass is 32.2. The van der Waals surface area contributed by atoms with E-state index in [1.54, 1.807) is 12.1 Å². The van der Waals surface area contributed by atoms with Crippen molar-refractivity contribution in [3.63, 3.8) is 0 Å². The molecule has 2 aliphatic heterocycles. The van der Waals surface area contributed by atoms with Crippen LogP contribution in [0.5, 0.6) is 0 Å². The monoisotopic (exact) mass is 794 g/mol. The average Bonchev–Trinajstić information content (AvgIpc) is 3.82. The van der Waals surface area contributed by atoms with Crippen LogP contribution in [0.4, 0.5) is 0 Å². The highest BCUT2D eigenvalue weighted by Gasteiger charge is 2.73. The SMILES string of the molecule is CC(C)c1cccc2c(C(=O)N3[C@@H]4C[C@H]5CC[C@]4(CS3(=O)=O)C5(C)C)cc3cc(C(=O)N4[C@@H]5C[C@H]6CC[C@]5(CS4(=O)=O)C6(C)C)c4cccc(C(C)C)c4c3c12. The van der Waals surface area contributed by atoms with Gasteiger partial charge in [0.05, 0.1) is 23.6 Å². The van der Waals surface area contributed by atoms with Gasteiger partial charge >= 0.3 is 0 Å². The highest BCUT2D eigenvalue weighted by Crippen LogP contribution is 2.71. The summed E-state index contributed by atoms with van der Waals surface area (Å²) < 4.78 is 59.6. The summed E-state index contributed by atoms with van der Waals surface area (Å²) in [7, 11) is -7.84. The van der Waals surface area contributed by atoms with E-state index < -0.39 is 54.8 Å². The van der Waals surface area contributed by atoms with Crippen LogP contribution in [-0.4, -0.2) is 60.8 Å². The number of carbonyl (C=O) groups excluding carboxylic acids is 2. The van der Waals surface area contributed by atoms with E-state index >= 15 is 9.59 Å². The van der Waals surface area contributed by atoms with Gasteiger partial charge < -0.3 is 0 Å². The van der Waals surface area contributed by atoms with Gasteiger partial charge in [-0.15, -0.1) is 0 Å². The quantitative estimate of drug-likeness (QED) is 0.191. The molecule has 4 saturated carbocycles. The molecule has 0 N–H and O–H groups in total. The summed E-state index contributed by atoms with van der Waals surface area (Å²) in [6.07, 6.45) is 4.89. The first-order valence-electron chi connectivity index (χ1n) is 20.8. The van der Waals surface area contributed by atoms with Gasteiger partial charge in [-0.25, -0.2) is 25.4 Å². The summed E-state index contributed by atoms with van der Waals surface area (Å²) >= 11 is 0. The van der Waals surface area contributed by atoms with Crippen LogP contribution in [-0.2, 0) is 20.0 Å². The zero-order chi connectivity index (χ0) is 39.9. The van der Waals surface area contributed by atoms with Crippen LogP contribution in [0.25, 0.3) is 32.3 Å². The molecular weight excluding hydrogens is 741 g/mol. The summed E-state index contributed by atoms with van der Waals surface area (Å²) in [6.45, 7) is 17.2. The van der Waals surface area contributed by atoms with E-state index in [0.29, 0.717) is 52.0 Å². The van der Waals surface area contributed by atoms with Gasteiger partial charge in [-0.2, -0.15) is 0 Å². The van der Waals surface area contributed by atoms with Crippen LogP contribution in [0.2, 0.25) is 0 Å². The summed E-state index contributed by atoms with van der Waals surface area (Å²) in [5, 5.41) is 4.68. The Morgan fingerprint density at radius 3 is 1.38 bits per heavy atom. The van der Waals surface area contributed by atoms with E-state index in [-0.39, 0.29) is 34.2 Å². The van der Waals surface area contributed by atoms with Crippen molar-refractivity contribution >= 4 is 64.2 Å². The molecule has 2 spiro atoms. The fraction of sp³-hybridized carbons (Fsp3) is 0.565. The number of benzene rings is 4. The van der Waals surface area contributed by atoms with Crippen molar-refractivity contribution in [3.05, 3.63) is 70.8 Å². The normalized spacial score (nSPS) is 32.8. The molecule has 10 rings (SSSR count). The average molecular weight is 795 g/mol. The van der Waals surface area contributed by atoms with Gasteiger partial charge in [-0.1, -0.05) is 91.8 Å². The molecule has 2 saturated heterocycles. The molecule has 0 aromatic heterocycles. The lowest BCUT2D eigenvalue weighted by Gasteiger charge is -2.37. The van der Waals surface area contributed by atoms with Gasteiger partial charge in [0.2, 0.25) is 20.0 Å². The van der Waals surface area contributed by atoms with Crippen molar-refractivity contribution in [2.75, 3.05) is 11.5 Å². The molecule has 56 heavy (non-hydrogen) atoms. The molecule has 10 heteroatoms. The second kappa shape index (κ2) is 11.2. The molecule has 0 radical (unpaired) electrons. The van der Waals surface area contributed by atoms with Crippen LogP contribution in [0.3, 0.4) is 0 Å². The number of amides is 2. The first-order chi connectivity index (χ1) is 26.2. The summed E-state index contributed by atoms with van der Waals surface area (Å²) in [6, 6.07) is 14.8. The Kier molecular flexibility index (Phi) is 7.33. The van der Waals surface area contributed by atoms with Gasteiger partial charge in [0.25, 0.3) is 11.8 Å². The minimum atomic E-state index is -3.92. The minimum absolute atomic E-state index is 0.0195. The molecule has 6 fully saturated rings. The van der Waals surface area contributed by atoms with Crippen molar-refractivity contribution in [1.29, 1.82) is 0 Å². The maximum Gasteiger partial charge on any atom is 0.268 e. The molecule has 6 atom stereocenters. The predicted octanol–water partition coefficient (Wildman–Crippen LogP) is 9.35. The van der Waals surface area contributed by atoms with Crippen molar-refractivity contribution in [2.45, 2.75) is 118 Å². The van der Waals surface area contributed by atoms with Gasteiger partial charge in [0.15, 0.2) is 0 Å². The van der Waals surface area contributed by atoms with Crippen LogP contribution >= 0.6 is 0 Å².